The minimum absolute atomic E-state index is 0.0884. The molecule has 0 bridgehead atoms. The van der Waals surface area contributed by atoms with Gasteiger partial charge in [-0.05, 0) is 18.4 Å². The zero-order valence-corrected chi connectivity index (χ0v) is 12.9. The SMILES string of the molecule is Clc1ncnc2c1N(Cc1ccccc1)CN2C1CCCO1. The number of nitrogens with zero attached hydrogens (tertiary/aromatic N) is 4. The maximum atomic E-state index is 6.34. The molecule has 5 nitrogen and oxygen atoms in total. The van der Waals surface area contributed by atoms with Crippen LogP contribution in [-0.2, 0) is 11.3 Å². The predicted molar refractivity (Wildman–Crippen MR) is 86.0 cm³/mol. The first-order chi connectivity index (χ1) is 10.8. The van der Waals surface area contributed by atoms with Crippen LogP contribution in [0.3, 0.4) is 0 Å². The van der Waals surface area contributed by atoms with Crippen molar-refractivity contribution >= 4 is 23.1 Å². The minimum Gasteiger partial charge on any atom is -0.358 e. The van der Waals surface area contributed by atoms with E-state index in [4.69, 9.17) is 16.3 Å². The number of anilines is 2. The van der Waals surface area contributed by atoms with Gasteiger partial charge in [-0.3, -0.25) is 0 Å². The average Bonchev–Trinajstić information content (AvgIpc) is 3.17. The molecule has 1 fully saturated rings. The van der Waals surface area contributed by atoms with E-state index in [2.05, 4.69) is 31.9 Å². The summed E-state index contributed by atoms with van der Waals surface area (Å²) >= 11 is 6.34. The van der Waals surface area contributed by atoms with Crippen LogP contribution in [0.15, 0.2) is 36.7 Å². The molecule has 3 heterocycles. The van der Waals surface area contributed by atoms with Crippen LogP contribution in [0.5, 0.6) is 0 Å². The highest BCUT2D eigenvalue weighted by Crippen LogP contribution is 2.41. The fourth-order valence-corrected chi connectivity index (χ4v) is 3.37. The lowest BCUT2D eigenvalue weighted by molar-refractivity contribution is 0.108. The largest absolute Gasteiger partial charge is 0.358 e. The van der Waals surface area contributed by atoms with E-state index in [1.807, 2.05) is 18.2 Å². The number of ether oxygens (including phenoxy) is 1. The second-order valence-corrected chi connectivity index (χ2v) is 5.96. The van der Waals surface area contributed by atoms with Crippen molar-refractivity contribution in [3.8, 4) is 0 Å². The predicted octanol–water partition coefficient (Wildman–Crippen LogP) is 3.05. The molecule has 4 rings (SSSR count). The van der Waals surface area contributed by atoms with Gasteiger partial charge in [0.15, 0.2) is 11.0 Å². The summed E-state index contributed by atoms with van der Waals surface area (Å²) in [6, 6.07) is 10.4. The van der Waals surface area contributed by atoms with Gasteiger partial charge in [-0.15, -0.1) is 0 Å². The number of hydrogen-bond acceptors (Lipinski definition) is 5. The van der Waals surface area contributed by atoms with Gasteiger partial charge in [0.1, 0.15) is 18.2 Å². The highest BCUT2D eigenvalue weighted by Gasteiger charge is 2.36. The topological polar surface area (TPSA) is 41.5 Å². The molecule has 2 aliphatic rings. The molecule has 1 atom stereocenters. The van der Waals surface area contributed by atoms with Crippen LogP contribution in [0.4, 0.5) is 11.5 Å². The molecule has 1 aromatic carbocycles. The monoisotopic (exact) mass is 316 g/mol. The average molecular weight is 317 g/mol. The van der Waals surface area contributed by atoms with Gasteiger partial charge in [-0.1, -0.05) is 41.9 Å². The van der Waals surface area contributed by atoms with E-state index in [0.717, 1.165) is 44.2 Å². The van der Waals surface area contributed by atoms with Crippen molar-refractivity contribution in [2.75, 3.05) is 23.1 Å². The third-order valence-corrected chi connectivity index (χ3v) is 4.42. The fraction of sp³-hybridized carbons (Fsp3) is 0.375. The van der Waals surface area contributed by atoms with Gasteiger partial charge in [0, 0.05) is 13.2 Å². The molecule has 0 spiro atoms. The Balaban J connectivity index is 1.66. The molecule has 2 aliphatic heterocycles. The van der Waals surface area contributed by atoms with E-state index < -0.39 is 0 Å². The molecule has 22 heavy (non-hydrogen) atoms. The summed E-state index contributed by atoms with van der Waals surface area (Å²) in [6.45, 7) is 2.32. The molecule has 0 aliphatic carbocycles. The number of rotatable bonds is 3. The second kappa shape index (κ2) is 5.74. The van der Waals surface area contributed by atoms with Gasteiger partial charge < -0.3 is 14.5 Å². The van der Waals surface area contributed by atoms with E-state index in [9.17, 15) is 0 Å². The lowest BCUT2D eigenvalue weighted by atomic mass is 10.2. The molecular formula is C16H17ClN4O. The quantitative estimate of drug-likeness (QED) is 0.814. The van der Waals surface area contributed by atoms with E-state index in [-0.39, 0.29) is 6.23 Å². The Labute approximate surface area is 134 Å². The van der Waals surface area contributed by atoms with Crippen molar-refractivity contribution in [1.29, 1.82) is 0 Å². The molecule has 1 aromatic heterocycles. The van der Waals surface area contributed by atoms with E-state index in [1.165, 1.54) is 11.9 Å². The van der Waals surface area contributed by atoms with Crippen molar-refractivity contribution in [1.82, 2.24) is 9.97 Å². The third kappa shape index (κ3) is 2.40. The molecule has 0 saturated carbocycles. The summed E-state index contributed by atoms with van der Waals surface area (Å²) in [5.41, 5.74) is 2.14. The van der Waals surface area contributed by atoms with E-state index in [1.54, 1.807) is 0 Å². The van der Waals surface area contributed by atoms with E-state index in [0.29, 0.717) is 5.15 Å². The molecule has 2 aromatic rings. The van der Waals surface area contributed by atoms with E-state index >= 15 is 0 Å². The van der Waals surface area contributed by atoms with Gasteiger partial charge >= 0.3 is 0 Å². The van der Waals surface area contributed by atoms with Crippen molar-refractivity contribution in [2.45, 2.75) is 25.6 Å². The zero-order valence-electron chi connectivity index (χ0n) is 12.2. The zero-order chi connectivity index (χ0) is 14.9. The Bertz CT molecular complexity index is 660. The normalized spacial score (nSPS) is 20.5. The Morgan fingerprint density at radius 2 is 2.09 bits per heavy atom. The summed E-state index contributed by atoms with van der Waals surface area (Å²) in [5, 5.41) is 0.501. The maximum absolute atomic E-state index is 6.34. The van der Waals surface area contributed by atoms with Crippen molar-refractivity contribution in [3.63, 3.8) is 0 Å². The van der Waals surface area contributed by atoms with Crippen LogP contribution in [0.2, 0.25) is 5.15 Å². The van der Waals surface area contributed by atoms with Crippen LogP contribution >= 0.6 is 11.6 Å². The molecule has 114 valence electrons. The molecule has 0 amide bonds. The Morgan fingerprint density at radius 3 is 2.86 bits per heavy atom. The summed E-state index contributed by atoms with van der Waals surface area (Å²) in [7, 11) is 0. The first kappa shape index (κ1) is 13.8. The van der Waals surface area contributed by atoms with Crippen LogP contribution in [0.25, 0.3) is 0 Å². The molecule has 1 unspecified atom stereocenters. The second-order valence-electron chi connectivity index (χ2n) is 5.60. The molecule has 0 N–H and O–H groups in total. The number of fused-ring (bicyclic) bond motifs is 1. The molecule has 1 saturated heterocycles. The number of halogens is 1. The lowest BCUT2D eigenvalue weighted by Gasteiger charge is -2.25. The van der Waals surface area contributed by atoms with Gasteiger partial charge in [0.2, 0.25) is 0 Å². The fourth-order valence-electron chi connectivity index (χ4n) is 3.12. The minimum atomic E-state index is 0.0884. The first-order valence-electron chi connectivity index (χ1n) is 7.50. The molecular weight excluding hydrogens is 300 g/mol. The maximum Gasteiger partial charge on any atom is 0.160 e. The molecule has 6 heteroatoms. The Kier molecular flexibility index (Phi) is 3.60. The van der Waals surface area contributed by atoms with Crippen molar-refractivity contribution < 1.29 is 4.74 Å². The van der Waals surface area contributed by atoms with Crippen molar-refractivity contribution in [3.05, 3.63) is 47.4 Å². The highest BCUT2D eigenvalue weighted by molar-refractivity contribution is 6.32. The smallest absolute Gasteiger partial charge is 0.160 e. The Hall–Kier alpha value is -1.85. The number of hydrogen-bond donors (Lipinski definition) is 0. The summed E-state index contributed by atoms with van der Waals surface area (Å²) < 4.78 is 5.83. The van der Waals surface area contributed by atoms with Gasteiger partial charge in [-0.2, -0.15) is 0 Å². The van der Waals surface area contributed by atoms with Gasteiger partial charge in [0.25, 0.3) is 0 Å². The van der Waals surface area contributed by atoms with Gasteiger partial charge in [-0.25, -0.2) is 9.97 Å². The highest BCUT2D eigenvalue weighted by atomic mass is 35.5. The number of aromatic nitrogens is 2. The first-order valence-corrected chi connectivity index (χ1v) is 7.88. The standard InChI is InChI=1S/C16H17ClN4O/c17-15-14-16(19-10-18-15)21(13-7-4-8-22-13)11-20(14)9-12-5-2-1-3-6-12/h1-3,5-6,10,13H,4,7-9,11H2. The van der Waals surface area contributed by atoms with Crippen LogP contribution < -0.4 is 9.80 Å². The Morgan fingerprint density at radius 1 is 1.23 bits per heavy atom. The summed E-state index contributed by atoms with van der Waals surface area (Å²) in [4.78, 5) is 13.0. The summed E-state index contributed by atoms with van der Waals surface area (Å²) in [5.74, 6) is 0.878. The third-order valence-electron chi connectivity index (χ3n) is 4.14. The number of benzene rings is 1. The lowest BCUT2D eigenvalue weighted by Crippen LogP contribution is -2.38. The summed E-state index contributed by atoms with van der Waals surface area (Å²) in [6.07, 6.45) is 3.73. The molecule has 0 radical (unpaired) electrons. The van der Waals surface area contributed by atoms with Crippen LogP contribution in [-0.4, -0.2) is 29.5 Å². The van der Waals surface area contributed by atoms with Crippen LogP contribution in [0, 0.1) is 0 Å². The van der Waals surface area contributed by atoms with Crippen LogP contribution in [0.1, 0.15) is 18.4 Å². The van der Waals surface area contributed by atoms with Gasteiger partial charge in [0.05, 0.1) is 6.67 Å². The van der Waals surface area contributed by atoms with Crippen molar-refractivity contribution in [2.24, 2.45) is 0 Å².